The van der Waals surface area contributed by atoms with E-state index in [0.29, 0.717) is 52.2 Å². The zero-order chi connectivity index (χ0) is 24.9. The van der Waals surface area contributed by atoms with Gasteiger partial charge in [-0.1, -0.05) is 18.2 Å². The van der Waals surface area contributed by atoms with Gasteiger partial charge in [-0.15, -0.1) is 10.2 Å². The smallest absolute Gasteiger partial charge is 0.338 e. The summed E-state index contributed by atoms with van der Waals surface area (Å²) in [6.07, 6.45) is 0.439. The van der Waals surface area contributed by atoms with E-state index in [1.807, 2.05) is 24.3 Å². The first-order valence-corrected chi connectivity index (χ1v) is 11.2. The summed E-state index contributed by atoms with van der Waals surface area (Å²) in [7, 11) is 0. The monoisotopic (exact) mass is 486 g/mol. The van der Waals surface area contributed by atoms with Gasteiger partial charge in [0.2, 0.25) is 18.6 Å². The highest BCUT2D eigenvalue weighted by Crippen LogP contribution is 2.33. The van der Waals surface area contributed by atoms with Crippen LogP contribution in [0.2, 0.25) is 0 Å². The first-order chi connectivity index (χ1) is 17.6. The topological polar surface area (TPSA) is 125 Å². The van der Waals surface area contributed by atoms with Crippen molar-refractivity contribution in [3.8, 4) is 23.0 Å². The van der Waals surface area contributed by atoms with Gasteiger partial charge in [-0.25, -0.2) is 9.59 Å². The molecule has 0 radical (unpaired) electrons. The summed E-state index contributed by atoms with van der Waals surface area (Å²) in [6.45, 7) is 2.22. The van der Waals surface area contributed by atoms with E-state index in [0.717, 1.165) is 5.56 Å². The summed E-state index contributed by atoms with van der Waals surface area (Å²) >= 11 is 0. The molecule has 0 saturated carbocycles. The summed E-state index contributed by atoms with van der Waals surface area (Å²) < 4.78 is 21.6. The van der Waals surface area contributed by atoms with Crippen LogP contribution in [0.25, 0.3) is 11.5 Å². The molecule has 0 saturated heterocycles. The van der Waals surface area contributed by atoms with Gasteiger partial charge in [0.15, 0.2) is 11.5 Å². The fraction of sp³-hybridized carbons (Fsp3) is 0.154. The molecule has 1 aliphatic rings. The maximum Gasteiger partial charge on any atom is 0.338 e. The number of esters is 1. The van der Waals surface area contributed by atoms with Crippen molar-refractivity contribution in [1.82, 2.24) is 10.2 Å². The van der Waals surface area contributed by atoms with Crippen LogP contribution in [0.4, 0.5) is 16.2 Å². The number of ether oxygens (including phenoxy) is 3. The Balaban J connectivity index is 1.23. The molecule has 0 unspecified atom stereocenters. The van der Waals surface area contributed by atoms with Crippen LogP contribution in [0.1, 0.15) is 28.7 Å². The molecule has 0 bridgehead atoms. The third kappa shape index (κ3) is 5.27. The number of benzene rings is 3. The first kappa shape index (κ1) is 22.9. The molecule has 0 aliphatic carbocycles. The molecule has 2 heterocycles. The lowest BCUT2D eigenvalue weighted by atomic mass is 10.1. The zero-order valence-corrected chi connectivity index (χ0v) is 19.3. The number of carbonyl (C=O) groups excluding carboxylic acids is 2. The zero-order valence-electron chi connectivity index (χ0n) is 19.3. The van der Waals surface area contributed by atoms with E-state index in [4.69, 9.17) is 18.6 Å². The molecule has 0 atom stereocenters. The van der Waals surface area contributed by atoms with Gasteiger partial charge in [0.1, 0.15) is 0 Å². The van der Waals surface area contributed by atoms with Crippen LogP contribution in [0.15, 0.2) is 71.1 Å². The third-order valence-corrected chi connectivity index (χ3v) is 5.26. The van der Waals surface area contributed by atoms with E-state index in [1.54, 1.807) is 49.4 Å². The van der Waals surface area contributed by atoms with E-state index in [2.05, 4.69) is 20.8 Å². The summed E-state index contributed by atoms with van der Waals surface area (Å²) in [5, 5.41) is 13.7. The third-order valence-electron chi connectivity index (χ3n) is 5.26. The summed E-state index contributed by atoms with van der Waals surface area (Å²) in [5.41, 5.74) is 2.95. The molecule has 0 spiro atoms. The van der Waals surface area contributed by atoms with Crippen molar-refractivity contribution in [3.63, 3.8) is 0 Å². The Morgan fingerprint density at radius 1 is 0.917 bits per heavy atom. The van der Waals surface area contributed by atoms with Gasteiger partial charge in [0.05, 0.1) is 18.6 Å². The number of hydrogen-bond acceptors (Lipinski definition) is 8. The van der Waals surface area contributed by atoms with E-state index in [-0.39, 0.29) is 13.4 Å². The van der Waals surface area contributed by atoms with Gasteiger partial charge >= 0.3 is 12.0 Å². The minimum Gasteiger partial charge on any atom is -0.462 e. The van der Waals surface area contributed by atoms with Gasteiger partial charge in [0, 0.05) is 16.9 Å². The number of urea groups is 1. The van der Waals surface area contributed by atoms with Crippen molar-refractivity contribution in [2.24, 2.45) is 0 Å². The van der Waals surface area contributed by atoms with Crippen LogP contribution in [-0.2, 0) is 11.2 Å². The molecule has 2 N–H and O–H groups in total. The number of hydrogen-bond donors (Lipinski definition) is 2. The minimum absolute atomic E-state index is 0.214. The Kier molecular flexibility index (Phi) is 6.48. The first-order valence-electron chi connectivity index (χ1n) is 11.2. The standard InChI is InChI=1S/C26H22N4O6/c1-2-33-25(31)18-6-4-8-20(14-18)28-26(32)27-19-7-3-5-17(13-19)24-30-29-23(36-24)12-16-9-10-21-22(11-16)35-15-34-21/h3-11,13-14H,2,12,15H2,1H3,(H2,27,28,32). The average molecular weight is 486 g/mol. The molecule has 2 amide bonds. The highest BCUT2D eigenvalue weighted by Gasteiger charge is 2.16. The number of anilines is 2. The van der Waals surface area contributed by atoms with Crippen molar-refractivity contribution in [1.29, 1.82) is 0 Å². The Morgan fingerprint density at radius 3 is 2.53 bits per heavy atom. The number of rotatable bonds is 7. The van der Waals surface area contributed by atoms with Gasteiger partial charge in [-0.2, -0.15) is 0 Å². The predicted molar refractivity (Wildman–Crippen MR) is 130 cm³/mol. The molecule has 0 fully saturated rings. The highest BCUT2D eigenvalue weighted by atomic mass is 16.7. The quantitative estimate of drug-likeness (QED) is 0.354. The maximum atomic E-state index is 12.5. The van der Waals surface area contributed by atoms with Crippen molar-refractivity contribution in [2.45, 2.75) is 13.3 Å². The number of amides is 2. The number of aromatic nitrogens is 2. The van der Waals surface area contributed by atoms with Crippen molar-refractivity contribution >= 4 is 23.4 Å². The molecule has 3 aromatic carbocycles. The van der Waals surface area contributed by atoms with Crippen molar-refractivity contribution < 1.29 is 28.2 Å². The molecule has 182 valence electrons. The largest absolute Gasteiger partial charge is 0.462 e. The number of nitrogens with zero attached hydrogens (tertiary/aromatic N) is 2. The Labute approximate surface area is 206 Å². The van der Waals surface area contributed by atoms with Crippen molar-refractivity contribution in [3.05, 3.63) is 83.7 Å². The summed E-state index contributed by atoms with van der Waals surface area (Å²) in [5.74, 6) is 1.73. The normalized spacial score (nSPS) is 11.7. The maximum absolute atomic E-state index is 12.5. The van der Waals surface area contributed by atoms with E-state index in [1.165, 1.54) is 0 Å². The van der Waals surface area contributed by atoms with Gasteiger partial charge < -0.3 is 29.3 Å². The number of carbonyl (C=O) groups is 2. The van der Waals surface area contributed by atoms with Crippen LogP contribution >= 0.6 is 0 Å². The van der Waals surface area contributed by atoms with Gasteiger partial charge in [-0.05, 0) is 61.0 Å². The minimum atomic E-state index is -0.470. The molecular formula is C26H22N4O6. The number of nitrogens with one attached hydrogen (secondary N) is 2. The highest BCUT2D eigenvalue weighted by molar-refractivity contribution is 6.01. The fourth-order valence-electron chi connectivity index (χ4n) is 3.63. The van der Waals surface area contributed by atoms with Crippen LogP contribution < -0.4 is 20.1 Å². The molecule has 36 heavy (non-hydrogen) atoms. The van der Waals surface area contributed by atoms with Crippen LogP contribution in [0, 0.1) is 0 Å². The van der Waals surface area contributed by atoms with Crippen LogP contribution in [0.5, 0.6) is 11.5 Å². The molecular weight excluding hydrogens is 464 g/mol. The molecule has 10 heteroatoms. The van der Waals surface area contributed by atoms with E-state index >= 15 is 0 Å². The van der Waals surface area contributed by atoms with Crippen LogP contribution in [-0.4, -0.2) is 35.6 Å². The van der Waals surface area contributed by atoms with Gasteiger partial charge in [-0.3, -0.25) is 0 Å². The molecule has 10 nitrogen and oxygen atoms in total. The summed E-state index contributed by atoms with van der Waals surface area (Å²) in [6, 6.07) is 18.7. The molecule has 5 rings (SSSR count). The Morgan fingerprint density at radius 2 is 1.69 bits per heavy atom. The second-order valence-corrected chi connectivity index (χ2v) is 7.83. The molecule has 1 aliphatic heterocycles. The second-order valence-electron chi connectivity index (χ2n) is 7.83. The van der Waals surface area contributed by atoms with E-state index in [9.17, 15) is 9.59 Å². The predicted octanol–water partition coefficient (Wildman–Crippen LogP) is 4.88. The van der Waals surface area contributed by atoms with Crippen LogP contribution in [0.3, 0.4) is 0 Å². The average Bonchev–Trinajstić information content (AvgIpc) is 3.54. The fourth-order valence-corrected chi connectivity index (χ4v) is 3.63. The number of fused-ring (bicyclic) bond motifs is 1. The molecule has 1 aromatic heterocycles. The second kappa shape index (κ2) is 10.2. The lowest BCUT2D eigenvalue weighted by Crippen LogP contribution is -2.19. The van der Waals surface area contributed by atoms with E-state index < -0.39 is 12.0 Å². The summed E-state index contributed by atoms with van der Waals surface area (Å²) in [4.78, 5) is 24.4. The lowest BCUT2D eigenvalue weighted by Gasteiger charge is -2.09. The van der Waals surface area contributed by atoms with Crippen molar-refractivity contribution in [2.75, 3.05) is 24.0 Å². The Hall–Kier alpha value is -4.86. The van der Waals surface area contributed by atoms with Gasteiger partial charge in [0.25, 0.3) is 0 Å². The molecule has 4 aromatic rings. The SMILES string of the molecule is CCOC(=O)c1cccc(NC(=O)Nc2cccc(-c3nnc(Cc4ccc5c(c4)OCO5)o3)c2)c1. The Bertz CT molecular complexity index is 1420. The lowest BCUT2D eigenvalue weighted by molar-refractivity contribution is 0.0526.